The van der Waals surface area contributed by atoms with Gasteiger partial charge in [-0.15, -0.1) is 0 Å². The van der Waals surface area contributed by atoms with Crippen LogP contribution in [0.3, 0.4) is 0 Å². The van der Waals surface area contributed by atoms with Crippen molar-refractivity contribution in [1.29, 1.82) is 0 Å². The fraction of sp³-hybridized carbons (Fsp3) is 0.714. The molecule has 1 rings (SSSR count). The van der Waals surface area contributed by atoms with E-state index in [4.69, 9.17) is 18.0 Å². The summed E-state index contributed by atoms with van der Waals surface area (Å²) in [5.74, 6) is 1.04. The van der Waals surface area contributed by atoms with Crippen molar-refractivity contribution in [3.8, 4) is 0 Å². The lowest BCUT2D eigenvalue weighted by Gasteiger charge is -2.28. The molecule has 0 heterocycles. The highest BCUT2D eigenvalue weighted by atomic mass is 28.4. The van der Waals surface area contributed by atoms with Crippen molar-refractivity contribution < 1.29 is 18.0 Å². The molecule has 0 aliphatic heterocycles. The van der Waals surface area contributed by atoms with Gasteiger partial charge in [0.2, 0.25) is 0 Å². The first-order valence-corrected chi connectivity index (χ1v) is 9.10. The van der Waals surface area contributed by atoms with Crippen LogP contribution in [-0.4, -0.2) is 35.2 Å². The molecule has 0 saturated carbocycles. The Morgan fingerprint density at radius 1 is 1.05 bits per heavy atom. The van der Waals surface area contributed by atoms with Gasteiger partial charge in [0.05, 0.1) is 12.4 Å². The largest absolute Gasteiger partial charge is 0.501 e. The Balaban J connectivity index is 2.33. The van der Waals surface area contributed by atoms with Crippen LogP contribution in [0.25, 0.3) is 0 Å². The van der Waals surface area contributed by atoms with E-state index in [-0.39, 0.29) is 0 Å². The molecular formula is C14H26O4Si. The third-order valence-corrected chi connectivity index (χ3v) is 5.90. The molecule has 0 unspecified atom stereocenters. The number of ether oxygens (including phenoxy) is 1. The number of allylic oxidation sites excluding steroid dienone is 3. The van der Waals surface area contributed by atoms with Gasteiger partial charge in [-0.05, 0) is 33.3 Å². The Kier molecular flexibility index (Phi) is 8.05. The molecule has 0 radical (unpaired) electrons. The van der Waals surface area contributed by atoms with Crippen LogP contribution in [0.2, 0.25) is 6.04 Å². The van der Waals surface area contributed by atoms with Gasteiger partial charge < -0.3 is 18.0 Å². The van der Waals surface area contributed by atoms with Gasteiger partial charge in [0.25, 0.3) is 0 Å². The van der Waals surface area contributed by atoms with Crippen molar-refractivity contribution in [2.45, 2.75) is 39.7 Å². The zero-order valence-corrected chi connectivity index (χ0v) is 13.3. The molecule has 0 atom stereocenters. The van der Waals surface area contributed by atoms with Crippen LogP contribution in [0.4, 0.5) is 0 Å². The van der Waals surface area contributed by atoms with E-state index in [2.05, 4.69) is 6.08 Å². The second kappa shape index (κ2) is 9.31. The quantitative estimate of drug-likeness (QED) is 0.431. The molecule has 19 heavy (non-hydrogen) atoms. The molecule has 0 aromatic rings. The highest BCUT2D eigenvalue weighted by molar-refractivity contribution is 6.60. The summed E-state index contributed by atoms with van der Waals surface area (Å²) in [6.07, 6.45) is 7.93. The maximum atomic E-state index is 5.79. The predicted octanol–water partition coefficient (Wildman–Crippen LogP) is 3.29. The van der Waals surface area contributed by atoms with Gasteiger partial charge in [-0.2, -0.15) is 0 Å². The Morgan fingerprint density at radius 2 is 1.68 bits per heavy atom. The van der Waals surface area contributed by atoms with E-state index >= 15 is 0 Å². The second-order valence-corrected chi connectivity index (χ2v) is 6.93. The van der Waals surface area contributed by atoms with Gasteiger partial charge in [0.1, 0.15) is 0 Å². The molecule has 0 amide bonds. The molecule has 0 saturated heterocycles. The van der Waals surface area contributed by atoms with Crippen LogP contribution in [0.5, 0.6) is 0 Å². The fourth-order valence-corrected chi connectivity index (χ4v) is 4.61. The minimum Gasteiger partial charge on any atom is -0.498 e. The molecule has 0 aromatic carbocycles. The number of rotatable bonds is 11. The molecule has 110 valence electrons. The average Bonchev–Trinajstić information content (AvgIpc) is 2.89. The molecule has 0 spiro atoms. The van der Waals surface area contributed by atoms with Crippen LogP contribution in [0.1, 0.15) is 33.6 Å². The van der Waals surface area contributed by atoms with Crippen LogP contribution in [0.15, 0.2) is 24.0 Å². The Morgan fingerprint density at radius 3 is 2.16 bits per heavy atom. The minimum absolute atomic E-state index is 0.627. The summed E-state index contributed by atoms with van der Waals surface area (Å²) in [6, 6.07) is 0.809. The van der Waals surface area contributed by atoms with E-state index in [1.54, 1.807) is 0 Å². The monoisotopic (exact) mass is 286 g/mol. The maximum Gasteiger partial charge on any atom is 0.501 e. The smallest absolute Gasteiger partial charge is 0.498 e. The zero-order chi connectivity index (χ0) is 14.0. The Hall–Kier alpha value is -0.623. The fourth-order valence-electron chi connectivity index (χ4n) is 2.03. The normalized spacial score (nSPS) is 14.8. The van der Waals surface area contributed by atoms with Crippen molar-refractivity contribution in [1.82, 2.24) is 0 Å². The highest BCUT2D eigenvalue weighted by Crippen LogP contribution is 2.19. The van der Waals surface area contributed by atoms with Gasteiger partial charge in [-0.25, -0.2) is 0 Å². The zero-order valence-electron chi connectivity index (χ0n) is 12.3. The number of hydrogen-bond acceptors (Lipinski definition) is 4. The summed E-state index contributed by atoms with van der Waals surface area (Å²) in [5.41, 5.74) is 0. The lowest BCUT2D eigenvalue weighted by molar-refractivity contribution is 0.0685. The second-order valence-electron chi connectivity index (χ2n) is 4.20. The summed E-state index contributed by atoms with van der Waals surface area (Å²) in [6.45, 7) is 8.50. The SMILES string of the molecule is CCO[Si](CCCOC1=CC=CC1)(OCC)OCC. The average molecular weight is 286 g/mol. The van der Waals surface area contributed by atoms with Gasteiger partial charge in [0.15, 0.2) is 0 Å². The molecule has 1 aliphatic rings. The van der Waals surface area contributed by atoms with E-state index in [0.29, 0.717) is 26.4 Å². The van der Waals surface area contributed by atoms with Crippen LogP contribution in [-0.2, 0) is 18.0 Å². The van der Waals surface area contributed by atoms with Crippen molar-refractivity contribution in [2.75, 3.05) is 26.4 Å². The summed E-state index contributed by atoms with van der Waals surface area (Å²) < 4.78 is 23.1. The van der Waals surface area contributed by atoms with Gasteiger partial charge in [-0.3, -0.25) is 0 Å². The Bertz CT molecular complexity index is 285. The van der Waals surface area contributed by atoms with Crippen molar-refractivity contribution in [3.05, 3.63) is 24.0 Å². The Labute approximate surface area is 117 Å². The predicted molar refractivity (Wildman–Crippen MR) is 77.8 cm³/mol. The molecule has 0 fully saturated rings. The van der Waals surface area contributed by atoms with Crippen molar-refractivity contribution >= 4 is 8.80 Å². The van der Waals surface area contributed by atoms with Crippen molar-refractivity contribution in [2.24, 2.45) is 0 Å². The number of hydrogen-bond donors (Lipinski definition) is 0. The molecule has 5 heteroatoms. The van der Waals surface area contributed by atoms with Gasteiger partial charge >= 0.3 is 8.80 Å². The third kappa shape index (κ3) is 5.91. The first kappa shape index (κ1) is 16.4. The first-order chi connectivity index (χ1) is 9.26. The molecule has 4 nitrogen and oxygen atoms in total. The van der Waals surface area contributed by atoms with Gasteiger partial charge in [-0.1, -0.05) is 12.2 Å². The highest BCUT2D eigenvalue weighted by Gasteiger charge is 2.39. The first-order valence-electron chi connectivity index (χ1n) is 7.16. The van der Waals surface area contributed by atoms with E-state index in [1.807, 2.05) is 32.9 Å². The van der Waals surface area contributed by atoms with E-state index < -0.39 is 8.80 Å². The topological polar surface area (TPSA) is 36.9 Å². The van der Waals surface area contributed by atoms with Crippen LogP contribution in [0, 0.1) is 0 Å². The molecular weight excluding hydrogens is 260 g/mol. The van der Waals surface area contributed by atoms with Crippen molar-refractivity contribution in [3.63, 3.8) is 0 Å². The lowest BCUT2D eigenvalue weighted by Crippen LogP contribution is -2.46. The molecule has 0 aromatic heterocycles. The summed E-state index contributed by atoms with van der Waals surface area (Å²) in [5, 5.41) is 0. The minimum atomic E-state index is -2.49. The summed E-state index contributed by atoms with van der Waals surface area (Å²) in [4.78, 5) is 0. The van der Waals surface area contributed by atoms with E-state index in [1.165, 1.54) is 0 Å². The molecule has 1 aliphatic carbocycles. The lowest BCUT2D eigenvalue weighted by atomic mass is 10.4. The standard InChI is InChI=1S/C14H26O4Si/c1-4-16-19(17-5-2,18-6-3)13-9-12-15-14-10-7-8-11-14/h7-8,10H,4-6,9,11-13H2,1-3H3. The van der Waals surface area contributed by atoms with Gasteiger partial charge in [0, 0.05) is 32.3 Å². The van der Waals surface area contributed by atoms with E-state index in [9.17, 15) is 0 Å². The maximum absolute atomic E-state index is 5.79. The van der Waals surface area contributed by atoms with Crippen LogP contribution >= 0.6 is 0 Å². The summed E-state index contributed by atoms with van der Waals surface area (Å²) >= 11 is 0. The van der Waals surface area contributed by atoms with E-state index in [0.717, 1.165) is 24.6 Å². The third-order valence-electron chi connectivity index (χ3n) is 2.74. The van der Waals surface area contributed by atoms with Crippen LogP contribution < -0.4 is 0 Å². The molecule has 0 bridgehead atoms. The summed E-state index contributed by atoms with van der Waals surface area (Å²) in [7, 11) is -2.49. The molecule has 0 N–H and O–H groups in total.